The van der Waals surface area contributed by atoms with Crippen molar-refractivity contribution in [2.24, 2.45) is 0 Å². The SMILES string of the molecule is COc1cc(C(=O)N2CCOCC2)ccc1Nc1ncc(Cl)c(NC2CCCCC2)n1. The van der Waals surface area contributed by atoms with E-state index in [1.54, 1.807) is 36.4 Å². The van der Waals surface area contributed by atoms with Crippen LogP contribution >= 0.6 is 11.6 Å². The number of hydrogen-bond donors (Lipinski definition) is 2. The van der Waals surface area contributed by atoms with Crippen molar-refractivity contribution in [2.45, 2.75) is 38.1 Å². The molecule has 31 heavy (non-hydrogen) atoms. The molecule has 0 unspecified atom stereocenters. The Labute approximate surface area is 187 Å². The predicted molar refractivity (Wildman–Crippen MR) is 121 cm³/mol. The Morgan fingerprint density at radius 1 is 1.23 bits per heavy atom. The molecular formula is C22H28ClN5O3. The fourth-order valence-corrected chi connectivity index (χ4v) is 4.11. The first-order valence-electron chi connectivity index (χ1n) is 10.7. The highest BCUT2D eigenvalue weighted by Gasteiger charge is 2.20. The lowest BCUT2D eigenvalue weighted by atomic mass is 9.95. The summed E-state index contributed by atoms with van der Waals surface area (Å²) in [5.41, 5.74) is 1.24. The quantitative estimate of drug-likeness (QED) is 0.691. The van der Waals surface area contributed by atoms with E-state index in [4.69, 9.17) is 21.1 Å². The number of carbonyl (C=O) groups excluding carboxylic acids is 1. The van der Waals surface area contributed by atoms with Gasteiger partial charge in [0.25, 0.3) is 5.91 Å². The second-order valence-electron chi connectivity index (χ2n) is 7.81. The molecule has 2 fully saturated rings. The molecule has 2 aliphatic rings. The molecule has 0 atom stereocenters. The molecule has 1 aromatic carbocycles. The molecule has 2 aromatic rings. The molecule has 8 nitrogen and oxygen atoms in total. The first kappa shape index (κ1) is 21.6. The minimum absolute atomic E-state index is 0.0325. The zero-order valence-electron chi connectivity index (χ0n) is 17.7. The summed E-state index contributed by atoms with van der Waals surface area (Å²) in [5.74, 6) is 1.55. The highest BCUT2D eigenvalue weighted by atomic mass is 35.5. The van der Waals surface area contributed by atoms with Crippen LogP contribution < -0.4 is 15.4 Å². The third-order valence-electron chi connectivity index (χ3n) is 5.68. The highest BCUT2D eigenvalue weighted by Crippen LogP contribution is 2.30. The van der Waals surface area contributed by atoms with Crippen molar-refractivity contribution in [2.75, 3.05) is 44.0 Å². The van der Waals surface area contributed by atoms with Crippen LogP contribution in [0.4, 0.5) is 17.5 Å². The molecular weight excluding hydrogens is 418 g/mol. The maximum atomic E-state index is 12.8. The zero-order chi connectivity index (χ0) is 21.6. The molecule has 2 heterocycles. The van der Waals surface area contributed by atoms with Crippen molar-refractivity contribution in [1.82, 2.24) is 14.9 Å². The standard InChI is InChI=1S/C22H28ClN5O3/c1-30-19-13-15(21(29)28-9-11-31-12-10-28)7-8-18(19)26-22-24-14-17(23)20(27-22)25-16-5-3-2-4-6-16/h7-8,13-14,16H,2-6,9-12H2,1H3,(H2,24,25,26,27). The molecule has 9 heteroatoms. The maximum Gasteiger partial charge on any atom is 0.254 e. The molecule has 1 amide bonds. The number of methoxy groups -OCH3 is 1. The second kappa shape index (κ2) is 10.2. The molecule has 1 saturated carbocycles. The van der Waals surface area contributed by atoms with Crippen molar-refractivity contribution in [3.05, 3.63) is 35.0 Å². The Kier molecular flexibility index (Phi) is 7.09. The molecule has 1 aliphatic carbocycles. The fraction of sp³-hybridized carbons (Fsp3) is 0.500. The van der Waals surface area contributed by atoms with E-state index < -0.39 is 0 Å². The molecule has 1 saturated heterocycles. The van der Waals surface area contributed by atoms with Crippen LogP contribution in [0, 0.1) is 0 Å². The molecule has 4 rings (SSSR count). The van der Waals surface area contributed by atoms with Gasteiger partial charge in [-0.05, 0) is 31.0 Å². The first-order chi connectivity index (χ1) is 15.1. The van der Waals surface area contributed by atoms with Gasteiger partial charge in [0.05, 0.1) is 32.2 Å². The molecule has 2 N–H and O–H groups in total. The third kappa shape index (κ3) is 5.37. The lowest BCUT2D eigenvalue weighted by Crippen LogP contribution is -2.40. The van der Waals surface area contributed by atoms with Gasteiger partial charge in [0.2, 0.25) is 5.95 Å². The third-order valence-corrected chi connectivity index (χ3v) is 5.96. The van der Waals surface area contributed by atoms with Crippen LogP contribution in [0.15, 0.2) is 24.4 Å². The molecule has 1 aromatic heterocycles. The van der Waals surface area contributed by atoms with Gasteiger partial charge in [-0.2, -0.15) is 4.98 Å². The largest absolute Gasteiger partial charge is 0.495 e. The van der Waals surface area contributed by atoms with E-state index in [-0.39, 0.29) is 5.91 Å². The number of amides is 1. The van der Waals surface area contributed by atoms with Crippen LogP contribution in [-0.4, -0.2) is 60.2 Å². The average molecular weight is 446 g/mol. The van der Waals surface area contributed by atoms with Gasteiger partial charge in [0.15, 0.2) is 5.82 Å². The molecule has 166 valence electrons. The lowest BCUT2D eigenvalue weighted by Gasteiger charge is -2.27. The smallest absolute Gasteiger partial charge is 0.254 e. The van der Waals surface area contributed by atoms with E-state index in [1.165, 1.54) is 19.3 Å². The zero-order valence-corrected chi connectivity index (χ0v) is 18.5. The summed E-state index contributed by atoms with van der Waals surface area (Å²) in [7, 11) is 1.57. The van der Waals surface area contributed by atoms with Crippen LogP contribution in [0.2, 0.25) is 5.02 Å². The number of rotatable bonds is 6. The van der Waals surface area contributed by atoms with Crippen molar-refractivity contribution < 1.29 is 14.3 Å². The molecule has 0 bridgehead atoms. The van der Waals surface area contributed by atoms with E-state index in [9.17, 15) is 4.79 Å². The van der Waals surface area contributed by atoms with Gasteiger partial charge < -0.3 is 25.0 Å². The number of aromatic nitrogens is 2. The number of nitrogens with zero attached hydrogens (tertiary/aromatic N) is 3. The number of carbonyl (C=O) groups is 1. The van der Waals surface area contributed by atoms with Crippen LogP contribution in [0.5, 0.6) is 5.75 Å². The Morgan fingerprint density at radius 2 is 2.00 bits per heavy atom. The Bertz CT molecular complexity index is 914. The van der Waals surface area contributed by atoms with Gasteiger partial charge in [-0.25, -0.2) is 4.98 Å². The minimum Gasteiger partial charge on any atom is -0.495 e. The number of hydrogen-bond acceptors (Lipinski definition) is 7. The topological polar surface area (TPSA) is 88.6 Å². The predicted octanol–water partition coefficient (Wildman–Crippen LogP) is 4.10. The van der Waals surface area contributed by atoms with Crippen molar-refractivity contribution >= 4 is 35.0 Å². The van der Waals surface area contributed by atoms with Gasteiger partial charge in [0.1, 0.15) is 10.8 Å². The summed E-state index contributed by atoms with van der Waals surface area (Å²) in [6.45, 7) is 2.31. The highest BCUT2D eigenvalue weighted by molar-refractivity contribution is 6.32. The van der Waals surface area contributed by atoms with Crippen LogP contribution in [0.25, 0.3) is 0 Å². The minimum atomic E-state index is -0.0325. The van der Waals surface area contributed by atoms with Gasteiger partial charge in [-0.3, -0.25) is 4.79 Å². The van der Waals surface area contributed by atoms with E-state index >= 15 is 0 Å². The normalized spacial score (nSPS) is 17.3. The fourth-order valence-electron chi connectivity index (χ4n) is 3.97. The monoisotopic (exact) mass is 445 g/mol. The number of morpholine rings is 1. The first-order valence-corrected chi connectivity index (χ1v) is 11.1. The Hall–Kier alpha value is -2.58. The second-order valence-corrected chi connectivity index (χ2v) is 8.22. The summed E-state index contributed by atoms with van der Waals surface area (Å²) in [6.07, 6.45) is 7.55. The van der Waals surface area contributed by atoms with E-state index in [0.29, 0.717) is 66.1 Å². The number of ether oxygens (including phenoxy) is 2. The summed E-state index contributed by atoms with van der Waals surface area (Å²) in [5, 5.41) is 7.13. The van der Waals surface area contributed by atoms with Crippen LogP contribution in [0.1, 0.15) is 42.5 Å². The maximum absolute atomic E-state index is 12.8. The van der Waals surface area contributed by atoms with E-state index in [2.05, 4.69) is 20.6 Å². The Morgan fingerprint density at radius 3 is 2.74 bits per heavy atom. The lowest BCUT2D eigenvalue weighted by molar-refractivity contribution is 0.0302. The Balaban J connectivity index is 1.49. The molecule has 0 radical (unpaired) electrons. The van der Waals surface area contributed by atoms with Crippen molar-refractivity contribution in [1.29, 1.82) is 0 Å². The number of halogens is 1. The summed E-state index contributed by atoms with van der Waals surface area (Å²) < 4.78 is 10.8. The van der Waals surface area contributed by atoms with Gasteiger partial charge in [-0.15, -0.1) is 0 Å². The number of nitrogens with one attached hydrogen (secondary N) is 2. The van der Waals surface area contributed by atoms with Gasteiger partial charge >= 0.3 is 0 Å². The van der Waals surface area contributed by atoms with Crippen LogP contribution in [0.3, 0.4) is 0 Å². The van der Waals surface area contributed by atoms with Gasteiger partial charge in [-0.1, -0.05) is 30.9 Å². The van der Waals surface area contributed by atoms with Crippen molar-refractivity contribution in [3.8, 4) is 5.75 Å². The molecule has 1 aliphatic heterocycles. The summed E-state index contributed by atoms with van der Waals surface area (Å²) >= 11 is 6.32. The number of anilines is 3. The van der Waals surface area contributed by atoms with E-state index in [0.717, 1.165) is 12.8 Å². The van der Waals surface area contributed by atoms with Gasteiger partial charge in [0, 0.05) is 24.7 Å². The average Bonchev–Trinajstić information content (AvgIpc) is 2.82. The summed E-state index contributed by atoms with van der Waals surface area (Å²) in [6, 6.07) is 5.70. The summed E-state index contributed by atoms with van der Waals surface area (Å²) in [4.78, 5) is 23.4. The van der Waals surface area contributed by atoms with Crippen molar-refractivity contribution in [3.63, 3.8) is 0 Å². The number of benzene rings is 1. The van der Waals surface area contributed by atoms with E-state index in [1.807, 2.05) is 0 Å². The van der Waals surface area contributed by atoms with Crippen LogP contribution in [-0.2, 0) is 4.74 Å². The molecule has 0 spiro atoms.